The van der Waals surface area contributed by atoms with E-state index in [2.05, 4.69) is 61.5 Å². The smallest absolute Gasteiger partial charge is 0.0284 e. The van der Waals surface area contributed by atoms with Gasteiger partial charge < -0.3 is 0 Å². The second-order valence-electron chi connectivity index (χ2n) is 9.73. The molecule has 0 bridgehead atoms. The van der Waals surface area contributed by atoms with Crippen LogP contribution in [0.2, 0.25) is 0 Å². The normalized spacial score (nSPS) is 9.89. The second-order valence-corrected chi connectivity index (χ2v) is 9.73. The second kappa shape index (κ2) is 15.9. The van der Waals surface area contributed by atoms with Gasteiger partial charge in [-0.05, 0) is 97.5 Å². The average molecular weight is 495 g/mol. The van der Waals surface area contributed by atoms with Crippen LogP contribution in [0.4, 0.5) is 0 Å². The Kier molecular flexibility index (Phi) is 11.9. The molecule has 0 atom stereocenters. The lowest BCUT2D eigenvalue weighted by atomic mass is 9.92. The summed E-state index contributed by atoms with van der Waals surface area (Å²) in [6, 6.07) is 20.4. The van der Waals surface area contributed by atoms with Crippen LogP contribution in [0.25, 0.3) is 0 Å². The van der Waals surface area contributed by atoms with Crippen molar-refractivity contribution in [2.45, 2.75) is 78.1 Å². The summed E-state index contributed by atoms with van der Waals surface area (Å²) < 4.78 is 0. The van der Waals surface area contributed by atoms with Crippen LogP contribution >= 0.6 is 0 Å². The first-order chi connectivity index (χ1) is 18.7. The summed E-state index contributed by atoms with van der Waals surface area (Å²) in [7, 11) is 0. The first-order valence-corrected chi connectivity index (χ1v) is 14.0. The minimum absolute atomic E-state index is 0.874. The van der Waals surface area contributed by atoms with Crippen LogP contribution in [0, 0.1) is 48.4 Å². The highest BCUT2D eigenvalue weighted by molar-refractivity contribution is 5.56. The van der Waals surface area contributed by atoms with Gasteiger partial charge in [0.25, 0.3) is 0 Å². The van der Waals surface area contributed by atoms with Gasteiger partial charge in [-0.3, -0.25) is 0 Å². The standard InChI is InChI=1S/C38H38/c1-5-9-11-13-15-35-29-38(28-26-34-23-19-32(8-4)20-24-34)36(16-14-12-10-6-2)30-37(35)27-25-33-21-17-31(7-3)18-22-33/h3-4,17-24,29-30H,5-6,9-16H2,1-2H3. The van der Waals surface area contributed by atoms with Crippen LogP contribution in [0.1, 0.15) is 110 Å². The maximum absolute atomic E-state index is 5.51. The van der Waals surface area contributed by atoms with Crippen LogP contribution < -0.4 is 0 Å². The molecule has 3 rings (SSSR count). The fraction of sp³-hybridized carbons (Fsp3) is 0.316. The molecular formula is C38H38. The van der Waals surface area contributed by atoms with E-state index in [4.69, 9.17) is 12.8 Å². The molecule has 0 heterocycles. The number of hydrogen-bond donors (Lipinski definition) is 0. The van der Waals surface area contributed by atoms with Gasteiger partial charge in [-0.1, -0.05) is 87.9 Å². The maximum atomic E-state index is 5.51. The highest BCUT2D eigenvalue weighted by Crippen LogP contribution is 2.22. The third-order valence-corrected chi connectivity index (χ3v) is 6.71. The van der Waals surface area contributed by atoms with Gasteiger partial charge in [-0.25, -0.2) is 0 Å². The van der Waals surface area contributed by atoms with E-state index in [0.29, 0.717) is 0 Å². The van der Waals surface area contributed by atoms with Crippen molar-refractivity contribution in [2.75, 3.05) is 0 Å². The summed E-state index contributed by atoms with van der Waals surface area (Å²) in [4.78, 5) is 0. The Balaban J connectivity index is 2.00. The zero-order chi connectivity index (χ0) is 27.0. The summed E-state index contributed by atoms with van der Waals surface area (Å²) in [6.07, 6.45) is 22.8. The van der Waals surface area contributed by atoms with E-state index in [9.17, 15) is 0 Å². The summed E-state index contributed by atoms with van der Waals surface area (Å²) in [6.45, 7) is 4.50. The van der Waals surface area contributed by atoms with E-state index < -0.39 is 0 Å². The van der Waals surface area contributed by atoms with Gasteiger partial charge >= 0.3 is 0 Å². The van der Waals surface area contributed by atoms with Crippen LogP contribution in [-0.2, 0) is 12.8 Å². The number of unbranched alkanes of at least 4 members (excludes halogenated alkanes) is 6. The Labute approximate surface area is 231 Å². The minimum Gasteiger partial charge on any atom is -0.115 e. The quantitative estimate of drug-likeness (QED) is 0.195. The van der Waals surface area contributed by atoms with Gasteiger partial charge in [-0.2, -0.15) is 0 Å². The first kappa shape index (κ1) is 28.5. The topological polar surface area (TPSA) is 0 Å². The van der Waals surface area contributed by atoms with E-state index in [1.165, 1.54) is 49.7 Å². The molecule has 0 aliphatic rings. The Morgan fingerprint density at radius 2 is 0.842 bits per heavy atom. The van der Waals surface area contributed by atoms with Crippen molar-refractivity contribution in [1.82, 2.24) is 0 Å². The molecule has 38 heavy (non-hydrogen) atoms. The van der Waals surface area contributed by atoms with Gasteiger partial charge in [0.15, 0.2) is 0 Å². The van der Waals surface area contributed by atoms with E-state index in [-0.39, 0.29) is 0 Å². The summed E-state index contributed by atoms with van der Waals surface area (Å²) in [5.74, 6) is 19.1. The molecule has 0 amide bonds. The fourth-order valence-electron chi connectivity index (χ4n) is 4.40. The molecule has 0 aromatic heterocycles. The molecule has 190 valence electrons. The lowest BCUT2D eigenvalue weighted by molar-refractivity contribution is 0.662. The molecule has 0 saturated heterocycles. The number of terminal acetylenes is 2. The highest BCUT2D eigenvalue weighted by Gasteiger charge is 2.09. The molecule has 0 saturated carbocycles. The van der Waals surface area contributed by atoms with Gasteiger partial charge in [-0.15, -0.1) is 12.8 Å². The molecule has 0 unspecified atom stereocenters. The molecular weight excluding hydrogens is 456 g/mol. The van der Waals surface area contributed by atoms with Crippen molar-refractivity contribution in [2.24, 2.45) is 0 Å². The zero-order valence-electron chi connectivity index (χ0n) is 23.0. The molecule has 0 aliphatic carbocycles. The SMILES string of the molecule is C#Cc1ccc(C#Cc2cc(CCCCCC)c(C#Cc3ccc(C#C)cc3)cc2CCCCCC)cc1. The molecule has 0 heteroatoms. The van der Waals surface area contributed by atoms with Crippen molar-refractivity contribution in [3.05, 3.63) is 105 Å². The van der Waals surface area contributed by atoms with E-state index >= 15 is 0 Å². The number of hydrogen-bond acceptors (Lipinski definition) is 0. The largest absolute Gasteiger partial charge is 0.115 e. The Hall–Kier alpha value is -4.10. The van der Waals surface area contributed by atoms with Gasteiger partial charge in [0.2, 0.25) is 0 Å². The molecule has 3 aromatic rings. The summed E-state index contributed by atoms with van der Waals surface area (Å²) in [5, 5.41) is 0. The number of aryl methyl sites for hydroxylation is 2. The van der Waals surface area contributed by atoms with Gasteiger partial charge in [0.1, 0.15) is 0 Å². The van der Waals surface area contributed by atoms with E-state index in [1.807, 2.05) is 48.5 Å². The third kappa shape index (κ3) is 9.09. The van der Waals surface area contributed by atoms with Crippen molar-refractivity contribution in [3.8, 4) is 48.4 Å². The zero-order valence-corrected chi connectivity index (χ0v) is 23.0. The average Bonchev–Trinajstić information content (AvgIpc) is 2.96. The molecule has 3 aromatic carbocycles. The number of rotatable bonds is 10. The summed E-state index contributed by atoms with van der Waals surface area (Å²) in [5.41, 5.74) is 8.52. The van der Waals surface area contributed by atoms with E-state index in [1.54, 1.807) is 0 Å². The molecule has 0 fully saturated rings. The van der Waals surface area contributed by atoms with Crippen LogP contribution in [-0.4, -0.2) is 0 Å². The van der Waals surface area contributed by atoms with Gasteiger partial charge in [0.05, 0.1) is 0 Å². The predicted octanol–water partition coefficient (Wildman–Crippen LogP) is 8.69. The maximum Gasteiger partial charge on any atom is 0.0284 e. The predicted molar refractivity (Wildman–Crippen MR) is 163 cm³/mol. The molecule has 0 N–H and O–H groups in total. The third-order valence-electron chi connectivity index (χ3n) is 6.71. The molecule has 0 nitrogen and oxygen atoms in total. The van der Waals surface area contributed by atoms with Crippen molar-refractivity contribution in [1.29, 1.82) is 0 Å². The monoisotopic (exact) mass is 494 g/mol. The van der Waals surface area contributed by atoms with Gasteiger partial charge in [0, 0.05) is 33.4 Å². The first-order valence-electron chi connectivity index (χ1n) is 14.0. The highest BCUT2D eigenvalue weighted by atomic mass is 14.1. The van der Waals surface area contributed by atoms with Crippen molar-refractivity contribution in [3.63, 3.8) is 0 Å². The number of benzene rings is 3. The molecule has 0 spiro atoms. The van der Waals surface area contributed by atoms with Crippen molar-refractivity contribution >= 4 is 0 Å². The summed E-state index contributed by atoms with van der Waals surface area (Å²) >= 11 is 0. The Bertz CT molecular complexity index is 1270. The lowest BCUT2D eigenvalue weighted by Gasteiger charge is -2.12. The van der Waals surface area contributed by atoms with E-state index in [0.717, 1.165) is 59.1 Å². The Morgan fingerprint density at radius 3 is 1.18 bits per heavy atom. The van der Waals surface area contributed by atoms with Crippen molar-refractivity contribution < 1.29 is 0 Å². The molecule has 0 radical (unpaired) electrons. The Morgan fingerprint density at radius 1 is 0.474 bits per heavy atom. The van der Waals surface area contributed by atoms with Crippen LogP contribution in [0.15, 0.2) is 60.7 Å². The fourth-order valence-corrected chi connectivity index (χ4v) is 4.40. The minimum atomic E-state index is 0.874. The molecule has 0 aliphatic heterocycles. The lowest BCUT2D eigenvalue weighted by Crippen LogP contribution is -1.99. The van der Waals surface area contributed by atoms with Crippen LogP contribution in [0.5, 0.6) is 0 Å². The van der Waals surface area contributed by atoms with Crippen LogP contribution in [0.3, 0.4) is 0 Å².